The third kappa shape index (κ3) is 1.98. The molecule has 3 unspecified atom stereocenters. The molecule has 2 fully saturated rings. The Hall–Kier alpha value is -0.0400. The average Bonchev–Trinajstić information content (AvgIpc) is 2.82. The SMILES string of the molecule is CC1CC(C)CC(C(O)C2(C)CC2)C1. The van der Waals surface area contributed by atoms with Crippen molar-refractivity contribution in [2.75, 3.05) is 0 Å². The van der Waals surface area contributed by atoms with Crippen LogP contribution in [-0.2, 0) is 0 Å². The van der Waals surface area contributed by atoms with Gasteiger partial charge in [-0.1, -0.05) is 20.8 Å². The lowest BCUT2D eigenvalue weighted by Gasteiger charge is -2.36. The van der Waals surface area contributed by atoms with Crippen LogP contribution in [-0.4, -0.2) is 11.2 Å². The Kier molecular flexibility index (Phi) is 2.63. The zero-order chi connectivity index (χ0) is 10.3. The summed E-state index contributed by atoms with van der Waals surface area (Å²) in [6.07, 6.45) is 6.33. The second kappa shape index (κ2) is 3.52. The molecule has 1 heteroatoms. The highest BCUT2D eigenvalue weighted by atomic mass is 16.3. The molecule has 0 saturated heterocycles. The molecule has 0 aromatic carbocycles. The van der Waals surface area contributed by atoms with Crippen molar-refractivity contribution in [2.24, 2.45) is 23.2 Å². The lowest BCUT2D eigenvalue weighted by Crippen LogP contribution is -2.34. The topological polar surface area (TPSA) is 20.2 Å². The summed E-state index contributed by atoms with van der Waals surface area (Å²) in [6, 6.07) is 0. The van der Waals surface area contributed by atoms with Crippen LogP contribution < -0.4 is 0 Å². The molecule has 1 N–H and O–H groups in total. The number of hydrogen-bond acceptors (Lipinski definition) is 1. The summed E-state index contributed by atoms with van der Waals surface area (Å²) in [5.74, 6) is 2.22. The summed E-state index contributed by atoms with van der Waals surface area (Å²) in [4.78, 5) is 0. The first-order valence-electron chi connectivity index (χ1n) is 6.19. The Labute approximate surface area is 87.9 Å². The van der Waals surface area contributed by atoms with Gasteiger partial charge in [0.05, 0.1) is 6.10 Å². The second-order valence-electron chi connectivity index (χ2n) is 6.28. The van der Waals surface area contributed by atoms with E-state index in [-0.39, 0.29) is 6.10 Å². The van der Waals surface area contributed by atoms with Gasteiger partial charge in [0.25, 0.3) is 0 Å². The Morgan fingerprint density at radius 3 is 2.00 bits per heavy atom. The highest BCUT2D eigenvalue weighted by molar-refractivity contribution is 4.98. The number of aliphatic hydroxyl groups excluding tert-OH is 1. The normalized spacial score (nSPS) is 43.3. The molecule has 82 valence electrons. The van der Waals surface area contributed by atoms with Gasteiger partial charge < -0.3 is 5.11 Å². The molecule has 0 spiro atoms. The maximum absolute atomic E-state index is 10.3. The van der Waals surface area contributed by atoms with Gasteiger partial charge in [-0.15, -0.1) is 0 Å². The number of aliphatic hydroxyl groups is 1. The maximum atomic E-state index is 10.3. The first kappa shape index (κ1) is 10.5. The quantitative estimate of drug-likeness (QED) is 0.719. The number of hydrogen-bond donors (Lipinski definition) is 1. The van der Waals surface area contributed by atoms with Gasteiger partial charge in [0.1, 0.15) is 0 Å². The van der Waals surface area contributed by atoms with Crippen molar-refractivity contribution >= 4 is 0 Å². The smallest absolute Gasteiger partial charge is 0.0622 e. The molecule has 0 heterocycles. The second-order valence-corrected chi connectivity index (χ2v) is 6.28. The Morgan fingerprint density at radius 2 is 1.57 bits per heavy atom. The minimum atomic E-state index is -0.0206. The van der Waals surface area contributed by atoms with Gasteiger partial charge >= 0.3 is 0 Å². The minimum Gasteiger partial charge on any atom is -0.392 e. The van der Waals surface area contributed by atoms with E-state index >= 15 is 0 Å². The fourth-order valence-electron chi connectivity index (χ4n) is 3.33. The standard InChI is InChI=1S/C13H24O/c1-9-6-10(2)8-11(7-9)12(14)13(3)4-5-13/h9-12,14H,4-8H2,1-3H3. The zero-order valence-electron chi connectivity index (χ0n) is 9.79. The third-order valence-corrected chi connectivity index (χ3v) is 4.41. The van der Waals surface area contributed by atoms with Crippen LogP contribution in [0, 0.1) is 23.2 Å². The van der Waals surface area contributed by atoms with E-state index in [1.165, 1.54) is 32.1 Å². The van der Waals surface area contributed by atoms with Crippen LogP contribution in [0.1, 0.15) is 52.9 Å². The molecule has 1 nitrogen and oxygen atoms in total. The van der Waals surface area contributed by atoms with Crippen LogP contribution in [0.5, 0.6) is 0 Å². The van der Waals surface area contributed by atoms with Gasteiger partial charge in [0.15, 0.2) is 0 Å². The highest BCUT2D eigenvalue weighted by Crippen LogP contribution is 2.52. The van der Waals surface area contributed by atoms with E-state index in [1.54, 1.807) is 0 Å². The molecular weight excluding hydrogens is 172 g/mol. The van der Waals surface area contributed by atoms with E-state index in [9.17, 15) is 5.11 Å². The largest absolute Gasteiger partial charge is 0.392 e. The van der Waals surface area contributed by atoms with E-state index in [0.717, 1.165) is 11.8 Å². The highest BCUT2D eigenvalue weighted by Gasteiger charge is 2.48. The molecule has 2 saturated carbocycles. The lowest BCUT2D eigenvalue weighted by molar-refractivity contribution is 0.00838. The molecule has 3 atom stereocenters. The maximum Gasteiger partial charge on any atom is 0.0622 e. The van der Waals surface area contributed by atoms with Crippen molar-refractivity contribution in [1.82, 2.24) is 0 Å². The van der Waals surface area contributed by atoms with Crippen LogP contribution in [0.2, 0.25) is 0 Å². The van der Waals surface area contributed by atoms with Gasteiger partial charge in [-0.05, 0) is 55.3 Å². The monoisotopic (exact) mass is 196 g/mol. The van der Waals surface area contributed by atoms with E-state index < -0.39 is 0 Å². The Balaban J connectivity index is 1.96. The summed E-state index contributed by atoms with van der Waals surface area (Å²) in [5.41, 5.74) is 0.293. The van der Waals surface area contributed by atoms with Crippen molar-refractivity contribution in [3.05, 3.63) is 0 Å². The summed E-state index contributed by atoms with van der Waals surface area (Å²) in [5, 5.41) is 10.3. The van der Waals surface area contributed by atoms with Gasteiger partial charge in [0, 0.05) is 0 Å². The molecule has 2 aliphatic carbocycles. The molecular formula is C13H24O. The van der Waals surface area contributed by atoms with Crippen molar-refractivity contribution in [1.29, 1.82) is 0 Å². The molecule has 0 aromatic heterocycles. The van der Waals surface area contributed by atoms with Crippen molar-refractivity contribution < 1.29 is 5.11 Å². The van der Waals surface area contributed by atoms with Crippen LogP contribution in [0.3, 0.4) is 0 Å². The van der Waals surface area contributed by atoms with Gasteiger partial charge in [-0.2, -0.15) is 0 Å². The van der Waals surface area contributed by atoms with E-state index in [2.05, 4.69) is 20.8 Å². The van der Waals surface area contributed by atoms with Crippen molar-refractivity contribution in [3.63, 3.8) is 0 Å². The van der Waals surface area contributed by atoms with Crippen molar-refractivity contribution in [3.8, 4) is 0 Å². The molecule has 2 aliphatic rings. The molecule has 0 radical (unpaired) electrons. The predicted molar refractivity (Wildman–Crippen MR) is 59.0 cm³/mol. The minimum absolute atomic E-state index is 0.0206. The van der Waals surface area contributed by atoms with Gasteiger partial charge in [0.2, 0.25) is 0 Å². The third-order valence-electron chi connectivity index (χ3n) is 4.41. The molecule has 2 rings (SSSR count). The van der Waals surface area contributed by atoms with Crippen LogP contribution in [0.15, 0.2) is 0 Å². The van der Waals surface area contributed by atoms with Crippen LogP contribution in [0.4, 0.5) is 0 Å². The van der Waals surface area contributed by atoms with E-state index in [0.29, 0.717) is 11.3 Å². The van der Waals surface area contributed by atoms with Gasteiger partial charge in [-0.25, -0.2) is 0 Å². The predicted octanol–water partition coefficient (Wildman–Crippen LogP) is 3.22. The molecule has 0 bridgehead atoms. The first-order chi connectivity index (χ1) is 6.51. The molecule has 0 amide bonds. The summed E-state index contributed by atoms with van der Waals surface area (Å²) in [6.45, 7) is 6.93. The Bertz CT molecular complexity index is 197. The van der Waals surface area contributed by atoms with Crippen LogP contribution in [0.25, 0.3) is 0 Å². The van der Waals surface area contributed by atoms with E-state index in [4.69, 9.17) is 0 Å². The van der Waals surface area contributed by atoms with Gasteiger partial charge in [-0.3, -0.25) is 0 Å². The molecule has 0 aliphatic heterocycles. The average molecular weight is 196 g/mol. The number of rotatable bonds is 2. The van der Waals surface area contributed by atoms with Crippen molar-refractivity contribution in [2.45, 2.75) is 59.0 Å². The lowest BCUT2D eigenvalue weighted by atomic mass is 9.72. The summed E-state index contributed by atoms with van der Waals surface area (Å²) < 4.78 is 0. The summed E-state index contributed by atoms with van der Waals surface area (Å²) in [7, 11) is 0. The summed E-state index contributed by atoms with van der Waals surface area (Å²) >= 11 is 0. The fourth-order valence-corrected chi connectivity index (χ4v) is 3.33. The first-order valence-corrected chi connectivity index (χ1v) is 6.19. The zero-order valence-corrected chi connectivity index (χ0v) is 9.79. The van der Waals surface area contributed by atoms with Crippen LogP contribution >= 0.6 is 0 Å². The fraction of sp³-hybridized carbons (Fsp3) is 1.00. The van der Waals surface area contributed by atoms with E-state index in [1.807, 2.05) is 0 Å². The molecule has 0 aromatic rings. The Morgan fingerprint density at radius 1 is 1.07 bits per heavy atom. The molecule has 14 heavy (non-hydrogen) atoms.